The lowest BCUT2D eigenvalue weighted by atomic mass is 10.2. The van der Waals surface area contributed by atoms with Crippen LogP contribution in [0.1, 0.15) is 28.4 Å². The second-order valence-corrected chi connectivity index (χ2v) is 8.14. The van der Waals surface area contributed by atoms with Gasteiger partial charge in [-0.25, -0.2) is 4.98 Å². The zero-order chi connectivity index (χ0) is 16.1. The first-order chi connectivity index (χ1) is 10.3. The fraction of sp³-hybridized carbons (Fsp3) is 0.692. The molecular weight excluding hydrogens is 306 g/mol. The van der Waals surface area contributed by atoms with Gasteiger partial charge in [0, 0.05) is 39.4 Å². The highest BCUT2D eigenvalue weighted by atomic mass is 32.2. The van der Waals surface area contributed by atoms with Crippen LogP contribution in [0.2, 0.25) is 0 Å². The molecule has 1 aromatic rings. The minimum atomic E-state index is -3.38. The molecule has 122 valence electrons. The third-order valence-electron chi connectivity index (χ3n) is 4.24. The molecule has 0 bridgehead atoms. The Balaban J connectivity index is 1.62. The molecule has 1 fully saturated rings. The van der Waals surface area contributed by atoms with Crippen molar-refractivity contribution in [1.29, 1.82) is 0 Å². The average molecular weight is 327 g/mol. The molecule has 8 nitrogen and oxygen atoms in total. The van der Waals surface area contributed by atoms with Gasteiger partial charge in [0.15, 0.2) is 5.82 Å². The quantitative estimate of drug-likeness (QED) is 0.797. The number of aryl methyl sites for hydroxylation is 1. The van der Waals surface area contributed by atoms with Crippen molar-refractivity contribution in [2.45, 2.75) is 32.4 Å². The van der Waals surface area contributed by atoms with Crippen LogP contribution >= 0.6 is 0 Å². The fourth-order valence-corrected chi connectivity index (χ4v) is 4.14. The van der Waals surface area contributed by atoms with Crippen molar-refractivity contribution in [2.75, 3.05) is 27.2 Å². The molecule has 3 rings (SSSR count). The third-order valence-corrected chi connectivity index (χ3v) is 6.12. The van der Waals surface area contributed by atoms with E-state index in [9.17, 15) is 13.2 Å². The predicted octanol–water partition coefficient (Wildman–Crippen LogP) is -0.642. The average Bonchev–Trinajstić information content (AvgIpc) is 2.97. The molecule has 22 heavy (non-hydrogen) atoms. The molecule has 1 aromatic heterocycles. The van der Waals surface area contributed by atoms with Gasteiger partial charge in [0.05, 0.1) is 11.7 Å². The third kappa shape index (κ3) is 2.42. The number of hydrogen-bond donors (Lipinski definition) is 1. The second kappa shape index (κ2) is 5.32. The van der Waals surface area contributed by atoms with E-state index in [1.165, 1.54) is 22.7 Å². The van der Waals surface area contributed by atoms with E-state index >= 15 is 0 Å². The van der Waals surface area contributed by atoms with Gasteiger partial charge in [0.1, 0.15) is 0 Å². The number of hydrogen-bond acceptors (Lipinski definition) is 4. The molecule has 0 atom stereocenters. The standard InChI is InChI=1S/C13H21N5O3S/c1-9-11-5-4-6-18(11)12(14-9)13(19)15-10-7-17(8-10)22(20,21)16(2)3/h10H,4-8H2,1-3H3,(H,15,19). The molecule has 9 heteroatoms. The van der Waals surface area contributed by atoms with Gasteiger partial charge in [0.25, 0.3) is 16.1 Å². The summed E-state index contributed by atoms with van der Waals surface area (Å²) >= 11 is 0. The summed E-state index contributed by atoms with van der Waals surface area (Å²) in [7, 11) is -0.389. The van der Waals surface area contributed by atoms with Gasteiger partial charge in [-0.1, -0.05) is 0 Å². The molecule has 2 aliphatic heterocycles. The van der Waals surface area contributed by atoms with Crippen molar-refractivity contribution in [3.05, 3.63) is 17.2 Å². The van der Waals surface area contributed by atoms with E-state index in [-0.39, 0.29) is 11.9 Å². The Morgan fingerprint density at radius 3 is 2.68 bits per heavy atom. The van der Waals surface area contributed by atoms with Gasteiger partial charge >= 0.3 is 0 Å². The van der Waals surface area contributed by atoms with Crippen LogP contribution in [0, 0.1) is 6.92 Å². The Morgan fingerprint density at radius 1 is 1.36 bits per heavy atom. The molecule has 0 aromatic carbocycles. The molecule has 3 heterocycles. The summed E-state index contributed by atoms with van der Waals surface area (Å²) in [5, 5.41) is 2.87. The van der Waals surface area contributed by atoms with Crippen LogP contribution in [-0.2, 0) is 23.2 Å². The maximum Gasteiger partial charge on any atom is 0.287 e. The molecule has 0 aliphatic carbocycles. The lowest BCUT2D eigenvalue weighted by molar-refractivity contribution is 0.0878. The Kier molecular flexibility index (Phi) is 3.74. The highest BCUT2D eigenvalue weighted by Crippen LogP contribution is 2.21. The molecule has 1 N–H and O–H groups in total. The Labute approximate surface area is 130 Å². The summed E-state index contributed by atoms with van der Waals surface area (Å²) in [5.41, 5.74) is 2.05. The smallest absolute Gasteiger partial charge is 0.287 e. The maximum atomic E-state index is 12.3. The van der Waals surface area contributed by atoms with E-state index in [0.717, 1.165) is 30.8 Å². The normalized spacial score (nSPS) is 19.3. The monoisotopic (exact) mass is 327 g/mol. The highest BCUT2D eigenvalue weighted by Gasteiger charge is 2.38. The number of nitrogens with zero attached hydrogens (tertiary/aromatic N) is 4. The molecule has 1 saturated heterocycles. The van der Waals surface area contributed by atoms with Crippen LogP contribution in [0.15, 0.2) is 0 Å². The number of fused-ring (bicyclic) bond motifs is 1. The molecule has 0 radical (unpaired) electrons. The van der Waals surface area contributed by atoms with Gasteiger partial charge in [0.2, 0.25) is 0 Å². The summed E-state index contributed by atoms with van der Waals surface area (Å²) in [5.74, 6) is 0.224. The summed E-state index contributed by atoms with van der Waals surface area (Å²) in [6.07, 6.45) is 2.00. The number of aromatic nitrogens is 2. The number of carbonyl (C=O) groups is 1. The summed E-state index contributed by atoms with van der Waals surface area (Å²) in [6, 6.07) is -0.156. The maximum absolute atomic E-state index is 12.3. The summed E-state index contributed by atoms with van der Waals surface area (Å²) < 4.78 is 28.3. The van der Waals surface area contributed by atoms with E-state index in [0.29, 0.717) is 18.9 Å². The van der Waals surface area contributed by atoms with Crippen molar-refractivity contribution in [3.8, 4) is 0 Å². The van der Waals surface area contributed by atoms with Crippen molar-refractivity contribution in [1.82, 2.24) is 23.5 Å². The fourth-order valence-electron chi connectivity index (χ4n) is 2.94. The number of rotatable bonds is 4. The Morgan fingerprint density at radius 2 is 2.05 bits per heavy atom. The van der Waals surface area contributed by atoms with Crippen LogP contribution in [0.3, 0.4) is 0 Å². The molecule has 0 spiro atoms. The van der Waals surface area contributed by atoms with Crippen LogP contribution in [0.5, 0.6) is 0 Å². The molecule has 0 saturated carbocycles. The van der Waals surface area contributed by atoms with Gasteiger partial charge in [-0.05, 0) is 19.8 Å². The van der Waals surface area contributed by atoms with E-state index < -0.39 is 10.2 Å². The first kappa shape index (κ1) is 15.4. The Bertz CT molecular complexity index is 704. The van der Waals surface area contributed by atoms with E-state index in [1.807, 2.05) is 11.5 Å². The number of nitrogens with one attached hydrogen (secondary N) is 1. The number of amides is 1. The van der Waals surface area contributed by atoms with Gasteiger partial charge < -0.3 is 9.88 Å². The minimum Gasteiger partial charge on any atom is -0.344 e. The van der Waals surface area contributed by atoms with Crippen LogP contribution in [-0.4, -0.2) is 65.7 Å². The van der Waals surface area contributed by atoms with Crippen LogP contribution in [0.25, 0.3) is 0 Å². The topological polar surface area (TPSA) is 87.5 Å². The van der Waals surface area contributed by atoms with Crippen LogP contribution in [0.4, 0.5) is 0 Å². The zero-order valence-corrected chi connectivity index (χ0v) is 13.9. The first-order valence-corrected chi connectivity index (χ1v) is 8.75. The van der Waals surface area contributed by atoms with E-state index in [2.05, 4.69) is 10.3 Å². The van der Waals surface area contributed by atoms with Crippen molar-refractivity contribution in [3.63, 3.8) is 0 Å². The zero-order valence-electron chi connectivity index (χ0n) is 13.0. The van der Waals surface area contributed by atoms with E-state index in [1.54, 1.807) is 0 Å². The highest BCUT2D eigenvalue weighted by molar-refractivity contribution is 7.86. The second-order valence-electron chi connectivity index (χ2n) is 6.00. The number of carbonyl (C=O) groups excluding carboxylic acids is 1. The van der Waals surface area contributed by atoms with Gasteiger partial charge in [-0.3, -0.25) is 4.79 Å². The van der Waals surface area contributed by atoms with E-state index in [4.69, 9.17) is 0 Å². The molecule has 1 amide bonds. The largest absolute Gasteiger partial charge is 0.344 e. The summed E-state index contributed by atoms with van der Waals surface area (Å²) in [4.78, 5) is 16.7. The van der Waals surface area contributed by atoms with Crippen LogP contribution < -0.4 is 5.32 Å². The first-order valence-electron chi connectivity index (χ1n) is 7.35. The van der Waals surface area contributed by atoms with Gasteiger partial charge in [-0.2, -0.15) is 17.0 Å². The van der Waals surface area contributed by atoms with Crippen molar-refractivity contribution >= 4 is 16.1 Å². The summed E-state index contributed by atoms with van der Waals surface area (Å²) in [6.45, 7) is 3.35. The van der Waals surface area contributed by atoms with Crippen molar-refractivity contribution < 1.29 is 13.2 Å². The molecule has 2 aliphatic rings. The molecule has 0 unspecified atom stereocenters. The number of imidazole rings is 1. The minimum absolute atomic E-state index is 0.156. The van der Waals surface area contributed by atoms with Gasteiger partial charge in [-0.15, -0.1) is 0 Å². The lowest BCUT2D eigenvalue weighted by Gasteiger charge is -2.39. The lowest BCUT2D eigenvalue weighted by Crippen LogP contribution is -2.62. The molecular formula is C13H21N5O3S. The SMILES string of the molecule is Cc1nc(C(=O)NC2CN(S(=O)(=O)N(C)C)C2)n2c1CCC2. The van der Waals surface area contributed by atoms with Crippen molar-refractivity contribution in [2.24, 2.45) is 0 Å². The Hall–Kier alpha value is -1.45. The predicted molar refractivity (Wildman–Crippen MR) is 80.7 cm³/mol.